The van der Waals surface area contributed by atoms with Gasteiger partial charge in [-0.1, -0.05) is 285 Å². The van der Waals surface area contributed by atoms with Crippen LogP contribution >= 0.6 is 0 Å². The zero-order valence-corrected chi connectivity index (χ0v) is 43.0. The second kappa shape index (κ2) is 51.4. The van der Waals surface area contributed by atoms with Crippen LogP contribution in [-0.4, -0.2) is 37.2 Å². The number of unbranched alkanes of at least 4 members (excludes halogenated alkanes) is 39. The van der Waals surface area contributed by atoms with Crippen molar-refractivity contribution in [2.45, 2.75) is 329 Å². The van der Waals surface area contributed by atoms with Crippen molar-refractivity contribution in [2.75, 3.05) is 13.2 Å². The van der Waals surface area contributed by atoms with E-state index in [0.29, 0.717) is 19.3 Å². The van der Waals surface area contributed by atoms with Crippen molar-refractivity contribution in [1.82, 2.24) is 0 Å². The molecule has 0 aromatic rings. The van der Waals surface area contributed by atoms with E-state index < -0.39 is 6.10 Å². The van der Waals surface area contributed by atoms with E-state index in [1.807, 2.05) is 0 Å². The number of carbonyl (C=O) groups is 3. The molecule has 0 spiro atoms. The summed E-state index contributed by atoms with van der Waals surface area (Å²) in [5.41, 5.74) is 0. The van der Waals surface area contributed by atoms with Crippen LogP contribution in [0.2, 0.25) is 0 Å². The van der Waals surface area contributed by atoms with Crippen molar-refractivity contribution in [3.63, 3.8) is 0 Å². The Labute approximate surface area is 393 Å². The van der Waals surface area contributed by atoms with Gasteiger partial charge in [-0.25, -0.2) is 0 Å². The molecule has 0 aromatic carbocycles. The SMILES string of the molecule is CCCCCCCCCCCCCCCCCCCCCC(=O)OC[C@@H](COC(=O)CCCCCCCCCCCCC(C)C)OC(=O)CCCCCCCCCCCCCCC. The average molecular weight is 892 g/mol. The minimum Gasteiger partial charge on any atom is -0.462 e. The Morgan fingerprint density at radius 3 is 0.778 bits per heavy atom. The van der Waals surface area contributed by atoms with Gasteiger partial charge in [0.05, 0.1) is 0 Å². The van der Waals surface area contributed by atoms with Crippen molar-refractivity contribution >= 4 is 17.9 Å². The topological polar surface area (TPSA) is 78.9 Å². The molecule has 0 aliphatic rings. The Kier molecular flexibility index (Phi) is 50.1. The zero-order valence-electron chi connectivity index (χ0n) is 43.0. The average Bonchev–Trinajstić information content (AvgIpc) is 3.27. The van der Waals surface area contributed by atoms with Gasteiger partial charge >= 0.3 is 17.9 Å². The molecule has 0 N–H and O–H groups in total. The molecule has 0 fully saturated rings. The predicted octanol–water partition coefficient (Wildman–Crippen LogP) is 18.6. The van der Waals surface area contributed by atoms with Gasteiger partial charge in [-0.2, -0.15) is 0 Å². The molecule has 0 unspecified atom stereocenters. The van der Waals surface area contributed by atoms with Gasteiger partial charge in [0.15, 0.2) is 6.10 Å². The third-order valence-electron chi connectivity index (χ3n) is 13.0. The molecule has 0 heterocycles. The van der Waals surface area contributed by atoms with Crippen LogP contribution in [0.25, 0.3) is 0 Å². The van der Waals surface area contributed by atoms with Gasteiger partial charge < -0.3 is 14.2 Å². The lowest BCUT2D eigenvalue weighted by molar-refractivity contribution is -0.167. The second-order valence-electron chi connectivity index (χ2n) is 20.1. The summed E-state index contributed by atoms with van der Waals surface area (Å²) in [6.45, 7) is 9.04. The molecule has 63 heavy (non-hydrogen) atoms. The standard InChI is InChI=1S/C57H110O6/c1-5-7-9-11-13-15-17-19-20-21-22-23-24-26-27-32-36-40-44-48-55(58)61-51-54(63-57(60)50-46-42-38-34-28-25-18-16-14-12-10-8-6-2)52-62-56(59)49-45-41-37-33-30-29-31-35-39-43-47-53(3)4/h53-54H,5-52H2,1-4H3/t54-/m0/s1. The van der Waals surface area contributed by atoms with Crippen LogP contribution < -0.4 is 0 Å². The molecule has 1 atom stereocenters. The van der Waals surface area contributed by atoms with Crippen molar-refractivity contribution < 1.29 is 28.6 Å². The zero-order chi connectivity index (χ0) is 45.9. The minimum absolute atomic E-state index is 0.0622. The Balaban J connectivity index is 4.26. The minimum atomic E-state index is -0.761. The fourth-order valence-electron chi connectivity index (χ4n) is 8.75. The van der Waals surface area contributed by atoms with Gasteiger partial charge in [0.25, 0.3) is 0 Å². The fourth-order valence-corrected chi connectivity index (χ4v) is 8.75. The summed E-state index contributed by atoms with van der Waals surface area (Å²) in [5, 5.41) is 0. The lowest BCUT2D eigenvalue weighted by Gasteiger charge is -2.18. The van der Waals surface area contributed by atoms with Crippen LogP contribution in [0.15, 0.2) is 0 Å². The highest BCUT2D eigenvalue weighted by Crippen LogP contribution is 2.18. The molecule has 374 valence electrons. The van der Waals surface area contributed by atoms with Crippen molar-refractivity contribution in [1.29, 1.82) is 0 Å². The first-order valence-electron chi connectivity index (χ1n) is 28.4. The largest absolute Gasteiger partial charge is 0.462 e. The van der Waals surface area contributed by atoms with Gasteiger partial charge in [-0.3, -0.25) is 14.4 Å². The van der Waals surface area contributed by atoms with E-state index in [4.69, 9.17) is 14.2 Å². The molecule has 0 aliphatic carbocycles. The van der Waals surface area contributed by atoms with E-state index in [9.17, 15) is 14.4 Å². The van der Waals surface area contributed by atoms with Gasteiger partial charge in [0.2, 0.25) is 0 Å². The first kappa shape index (κ1) is 61.4. The molecule has 6 heteroatoms. The van der Waals surface area contributed by atoms with Crippen LogP contribution in [0.4, 0.5) is 0 Å². The first-order chi connectivity index (χ1) is 30.9. The number of rotatable bonds is 52. The van der Waals surface area contributed by atoms with E-state index in [0.717, 1.165) is 63.7 Å². The number of carbonyl (C=O) groups excluding carboxylic acids is 3. The van der Waals surface area contributed by atoms with E-state index in [2.05, 4.69) is 27.7 Å². The van der Waals surface area contributed by atoms with Crippen molar-refractivity contribution in [3.05, 3.63) is 0 Å². The van der Waals surface area contributed by atoms with E-state index in [1.165, 1.54) is 218 Å². The Bertz CT molecular complexity index is 949. The lowest BCUT2D eigenvalue weighted by atomic mass is 10.0. The summed E-state index contributed by atoms with van der Waals surface area (Å²) in [6, 6.07) is 0. The quantitative estimate of drug-likeness (QED) is 0.0344. The maximum absolute atomic E-state index is 12.8. The summed E-state index contributed by atoms with van der Waals surface area (Å²) in [4.78, 5) is 38.1. The van der Waals surface area contributed by atoms with E-state index in [-0.39, 0.29) is 31.1 Å². The third kappa shape index (κ3) is 51.3. The molecule has 6 nitrogen and oxygen atoms in total. The van der Waals surface area contributed by atoms with Crippen LogP contribution in [0, 0.1) is 5.92 Å². The van der Waals surface area contributed by atoms with Gasteiger partial charge in [-0.05, 0) is 25.2 Å². The number of esters is 3. The summed E-state index contributed by atoms with van der Waals surface area (Å²) in [5.74, 6) is -0.0200. The molecule has 0 amide bonds. The smallest absolute Gasteiger partial charge is 0.306 e. The van der Waals surface area contributed by atoms with Crippen LogP contribution in [0.3, 0.4) is 0 Å². The highest BCUT2D eigenvalue weighted by atomic mass is 16.6. The number of ether oxygens (including phenoxy) is 3. The molecular weight excluding hydrogens is 781 g/mol. The Morgan fingerprint density at radius 2 is 0.524 bits per heavy atom. The summed E-state index contributed by atoms with van der Waals surface area (Å²) < 4.78 is 16.9. The molecule has 0 aliphatic heterocycles. The fraction of sp³-hybridized carbons (Fsp3) is 0.947. The maximum atomic E-state index is 12.8. The monoisotopic (exact) mass is 891 g/mol. The Morgan fingerprint density at radius 1 is 0.302 bits per heavy atom. The van der Waals surface area contributed by atoms with Crippen LogP contribution in [0.1, 0.15) is 323 Å². The molecule has 0 saturated heterocycles. The maximum Gasteiger partial charge on any atom is 0.306 e. The van der Waals surface area contributed by atoms with Gasteiger partial charge in [0.1, 0.15) is 13.2 Å². The molecule has 0 rings (SSSR count). The molecule has 0 bridgehead atoms. The predicted molar refractivity (Wildman–Crippen MR) is 270 cm³/mol. The normalized spacial score (nSPS) is 12.0. The molecular formula is C57H110O6. The van der Waals surface area contributed by atoms with Crippen molar-refractivity contribution in [3.8, 4) is 0 Å². The third-order valence-corrected chi connectivity index (χ3v) is 13.0. The van der Waals surface area contributed by atoms with Crippen LogP contribution in [-0.2, 0) is 28.6 Å². The lowest BCUT2D eigenvalue weighted by Crippen LogP contribution is -2.30. The number of hydrogen-bond donors (Lipinski definition) is 0. The highest BCUT2D eigenvalue weighted by molar-refractivity contribution is 5.71. The van der Waals surface area contributed by atoms with E-state index >= 15 is 0 Å². The molecule has 0 aromatic heterocycles. The van der Waals surface area contributed by atoms with E-state index in [1.54, 1.807) is 0 Å². The van der Waals surface area contributed by atoms with Crippen molar-refractivity contribution in [2.24, 2.45) is 5.92 Å². The Hall–Kier alpha value is -1.59. The van der Waals surface area contributed by atoms with Gasteiger partial charge in [0, 0.05) is 19.3 Å². The first-order valence-corrected chi connectivity index (χ1v) is 28.4. The summed E-state index contributed by atoms with van der Waals surface area (Å²) in [6.07, 6.45) is 55.2. The second-order valence-corrected chi connectivity index (χ2v) is 20.1. The molecule has 0 radical (unpaired) electrons. The summed E-state index contributed by atoms with van der Waals surface area (Å²) >= 11 is 0. The molecule has 0 saturated carbocycles. The van der Waals surface area contributed by atoms with Gasteiger partial charge in [-0.15, -0.1) is 0 Å². The van der Waals surface area contributed by atoms with Crippen LogP contribution in [0.5, 0.6) is 0 Å². The number of hydrogen-bond acceptors (Lipinski definition) is 6. The highest BCUT2D eigenvalue weighted by Gasteiger charge is 2.19. The summed E-state index contributed by atoms with van der Waals surface area (Å²) in [7, 11) is 0.